The van der Waals surface area contributed by atoms with Crippen LogP contribution in [0.25, 0.3) is 0 Å². The minimum absolute atomic E-state index is 0.0498. The Hall–Kier alpha value is -1.56. The Balaban J connectivity index is 2.00. The molecule has 1 fully saturated rings. The Kier molecular flexibility index (Phi) is 3.09. The zero-order valence-corrected chi connectivity index (χ0v) is 9.18. The lowest BCUT2D eigenvalue weighted by molar-refractivity contribution is 0.191. The summed E-state index contributed by atoms with van der Waals surface area (Å²) in [5.41, 5.74) is 0. The van der Waals surface area contributed by atoms with E-state index in [2.05, 4.69) is 15.3 Å². The van der Waals surface area contributed by atoms with Gasteiger partial charge in [0.25, 0.3) is 0 Å². The summed E-state index contributed by atoms with van der Waals surface area (Å²) in [6.45, 7) is 1.37. The third kappa shape index (κ3) is 2.52. The molecular formula is C9H11ClN4O2. The maximum atomic E-state index is 10.5. The summed E-state index contributed by atoms with van der Waals surface area (Å²) in [7, 11) is 0. The van der Waals surface area contributed by atoms with Crippen molar-refractivity contribution in [3.05, 3.63) is 17.5 Å². The van der Waals surface area contributed by atoms with Gasteiger partial charge in [-0.3, -0.25) is 0 Å². The average molecular weight is 243 g/mol. The summed E-state index contributed by atoms with van der Waals surface area (Å²) in [6, 6.07) is 1.71. The fourth-order valence-electron chi connectivity index (χ4n) is 1.76. The number of rotatable bonds is 2. The van der Waals surface area contributed by atoms with E-state index in [0.29, 0.717) is 6.54 Å². The molecule has 0 saturated carbocycles. The zero-order chi connectivity index (χ0) is 11.5. The van der Waals surface area contributed by atoms with Crippen LogP contribution in [0, 0.1) is 0 Å². The van der Waals surface area contributed by atoms with Crippen molar-refractivity contribution in [3.8, 4) is 0 Å². The number of aromatic nitrogens is 2. The molecule has 0 aromatic carbocycles. The van der Waals surface area contributed by atoms with Gasteiger partial charge in [-0.1, -0.05) is 0 Å². The highest BCUT2D eigenvalue weighted by atomic mass is 35.5. The minimum atomic E-state index is -0.993. The van der Waals surface area contributed by atoms with Gasteiger partial charge < -0.3 is 15.3 Å². The standard InChI is InChI=1S/C9H11ClN4O2/c10-8-11-3-1-7(13-8)14-4-2-6(5-14)12-9(15)16/h1,3,6,12H,2,4-5H2,(H,15,16)/t6-/m0/s1. The lowest BCUT2D eigenvalue weighted by Crippen LogP contribution is -2.36. The van der Waals surface area contributed by atoms with Crippen molar-refractivity contribution >= 4 is 23.5 Å². The predicted molar refractivity (Wildman–Crippen MR) is 58.8 cm³/mol. The van der Waals surface area contributed by atoms with Gasteiger partial charge in [-0.05, 0) is 24.1 Å². The number of nitrogens with one attached hydrogen (secondary N) is 1. The maximum Gasteiger partial charge on any atom is 0.404 e. The summed E-state index contributed by atoms with van der Waals surface area (Å²) < 4.78 is 0. The van der Waals surface area contributed by atoms with E-state index in [1.165, 1.54) is 0 Å². The molecule has 1 aliphatic heterocycles. The first-order valence-corrected chi connectivity index (χ1v) is 5.26. The summed E-state index contributed by atoms with van der Waals surface area (Å²) in [6.07, 6.45) is 1.36. The topological polar surface area (TPSA) is 78.4 Å². The molecule has 0 unspecified atom stereocenters. The highest BCUT2D eigenvalue weighted by molar-refractivity contribution is 6.28. The number of nitrogens with zero attached hydrogens (tertiary/aromatic N) is 3. The number of anilines is 1. The lowest BCUT2D eigenvalue weighted by atomic mass is 10.3. The van der Waals surface area contributed by atoms with E-state index in [4.69, 9.17) is 16.7 Å². The van der Waals surface area contributed by atoms with Crippen LogP contribution >= 0.6 is 11.6 Å². The van der Waals surface area contributed by atoms with Crippen molar-refractivity contribution in [3.63, 3.8) is 0 Å². The molecule has 6 nitrogen and oxygen atoms in total. The second-order valence-electron chi connectivity index (χ2n) is 3.56. The molecule has 1 aliphatic rings. The molecule has 1 amide bonds. The molecule has 2 N–H and O–H groups in total. The normalized spacial score (nSPS) is 19.8. The van der Waals surface area contributed by atoms with Crippen molar-refractivity contribution in [1.29, 1.82) is 0 Å². The summed E-state index contributed by atoms with van der Waals surface area (Å²) in [5.74, 6) is 0.731. The Labute approximate surface area is 97.3 Å². The molecule has 16 heavy (non-hydrogen) atoms. The van der Waals surface area contributed by atoms with Crippen LogP contribution in [-0.4, -0.2) is 40.3 Å². The van der Waals surface area contributed by atoms with Crippen molar-refractivity contribution in [2.75, 3.05) is 18.0 Å². The third-order valence-electron chi connectivity index (χ3n) is 2.45. The van der Waals surface area contributed by atoms with Crippen LogP contribution in [0.2, 0.25) is 5.28 Å². The van der Waals surface area contributed by atoms with Gasteiger partial charge >= 0.3 is 6.09 Å². The van der Waals surface area contributed by atoms with Gasteiger partial charge in [0, 0.05) is 19.3 Å². The molecule has 2 heterocycles. The van der Waals surface area contributed by atoms with Gasteiger partial charge in [0.2, 0.25) is 5.28 Å². The van der Waals surface area contributed by atoms with Gasteiger partial charge in [0.1, 0.15) is 5.82 Å². The molecular weight excluding hydrogens is 232 g/mol. The first-order valence-electron chi connectivity index (χ1n) is 4.88. The van der Waals surface area contributed by atoms with Crippen molar-refractivity contribution in [2.45, 2.75) is 12.5 Å². The number of hydrogen-bond donors (Lipinski definition) is 2. The first-order chi connectivity index (χ1) is 7.65. The number of amides is 1. The van der Waals surface area contributed by atoms with Gasteiger partial charge in [0.05, 0.1) is 6.04 Å². The highest BCUT2D eigenvalue weighted by Gasteiger charge is 2.24. The molecule has 0 radical (unpaired) electrons. The monoisotopic (exact) mass is 242 g/mol. The van der Waals surface area contributed by atoms with Gasteiger partial charge in [-0.15, -0.1) is 0 Å². The lowest BCUT2D eigenvalue weighted by Gasteiger charge is -2.16. The Morgan fingerprint density at radius 2 is 2.50 bits per heavy atom. The molecule has 0 aliphatic carbocycles. The van der Waals surface area contributed by atoms with Crippen LogP contribution < -0.4 is 10.2 Å². The Morgan fingerprint density at radius 3 is 3.19 bits per heavy atom. The fourth-order valence-corrected chi connectivity index (χ4v) is 1.91. The highest BCUT2D eigenvalue weighted by Crippen LogP contribution is 2.18. The molecule has 1 aromatic rings. The van der Waals surface area contributed by atoms with Crippen LogP contribution in [0.15, 0.2) is 12.3 Å². The summed E-state index contributed by atoms with van der Waals surface area (Å²) in [5, 5.41) is 11.3. The minimum Gasteiger partial charge on any atom is -0.465 e. The summed E-state index contributed by atoms with van der Waals surface area (Å²) in [4.78, 5) is 20.3. The zero-order valence-electron chi connectivity index (χ0n) is 8.43. The van der Waals surface area contributed by atoms with Crippen LogP contribution in [0.1, 0.15) is 6.42 Å². The second kappa shape index (κ2) is 4.52. The number of hydrogen-bond acceptors (Lipinski definition) is 4. The number of carboxylic acid groups (broad SMARTS) is 1. The molecule has 1 saturated heterocycles. The van der Waals surface area contributed by atoms with Crippen molar-refractivity contribution in [2.24, 2.45) is 0 Å². The van der Waals surface area contributed by atoms with Gasteiger partial charge in [-0.2, -0.15) is 0 Å². The molecule has 86 valence electrons. The van der Waals surface area contributed by atoms with Crippen LogP contribution in [-0.2, 0) is 0 Å². The van der Waals surface area contributed by atoms with E-state index in [-0.39, 0.29) is 11.3 Å². The largest absolute Gasteiger partial charge is 0.465 e. The van der Waals surface area contributed by atoms with E-state index < -0.39 is 6.09 Å². The van der Waals surface area contributed by atoms with Crippen LogP contribution in [0.3, 0.4) is 0 Å². The molecule has 0 bridgehead atoms. The van der Waals surface area contributed by atoms with E-state index in [9.17, 15) is 4.79 Å². The first kappa shape index (κ1) is 10.9. The van der Waals surface area contributed by atoms with Gasteiger partial charge in [-0.25, -0.2) is 14.8 Å². The molecule has 7 heteroatoms. The predicted octanol–water partition coefficient (Wildman–Crippen LogP) is 0.976. The maximum absolute atomic E-state index is 10.5. The molecule has 0 spiro atoms. The fraction of sp³-hybridized carbons (Fsp3) is 0.444. The molecule has 1 aromatic heterocycles. The number of halogens is 1. The Bertz CT molecular complexity index is 401. The van der Waals surface area contributed by atoms with Crippen molar-refractivity contribution < 1.29 is 9.90 Å². The summed E-state index contributed by atoms with van der Waals surface area (Å²) >= 11 is 5.69. The Morgan fingerprint density at radius 1 is 1.69 bits per heavy atom. The van der Waals surface area contributed by atoms with E-state index >= 15 is 0 Å². The third-order valence-corrected chi connectivity index (χ3v) is 2.63. The van der Waals surface area contributed by atoms with Crippen LogP contribution in [0.4, 0.5) is 10.6 Å². The van der Waals surface area contributed by atoms with Crippen LogP contribution in [0.5, 0.6) is 0 Å². The molecule has 1 atom stereocenters. The number of carbonyl (C=O) groups is 1. The van der Waals surface area contributed by atoms with Gasteiger partial charge in [0.15, 0.2) is 0 Å². The van der Waals surface area contributed by atoms with E-state index in [0.717, 1.165) is 18.8 Å². The van der Waals surface area contributed by atoms with E-state index in [1.54, 1.807) is 12.3 Å². The van der Waals surface area contributed by atoms with Crippen molar-refractivity contribution in [1.82, 2.24) is 15.3 Å². The van der Waals surface area contributed by atoms with E-state index in [1.807, 2.05) is 4.90 Å². The second-order valence-corrected chi connectivity index (χ2v) is 3.90. The average Bonchev–Trinajstić information content (AvgIpc) is 2.65. The molecule has 2 rings (SSSR count). The smallest absolute Gasteiger partial charge is 0.404 e. The quantitative estimate of drug-likeness (QED) is 0.756. The SMILES string of the molecule is O=C(O)N[C@H]1CCN(c2ccnc(Cl)n2)C1.